The molecule has 0 saturated heterocycles. The van der Waals surface area contributed by atoms with E-state index in [9.17, 15) is 14.7 Å². The molecule has 0 atom stereocenters. The number of hydrogen-bond acceptors (Lipinski definition) is 3. The third-order valence-electron chi connectivity index (χ3n) is 3.16. The molecule has 0 fully saturated rings. The number of aromatic hydroxyl groups is 1. The first-order valence-electron chi connectivity index (χ1n) is 6.45. The molecular weight excluding hydrogens is 268 g/mol. The molecule has 0 aliphatic heterocycles. The fraction of sp³-hybridized carbons (Fsp3) is 0.125. The summed E-state index contributed by atoms with van der Waals surface area (Å²) >= 11 is 0. The van der Waals surface area contributed by atoms with E-state index in [-0.39, 0.29) is 11.3 Å². The number of nitrogens with one attached hydrogen (secondary N) is 2. The molecule has 0 aliphatic carbocycles. The van der Waals surface area contributed by atoms with Crippen LogP contribution in [0.5, 0.6) is 5.75 Å². The highest BCUT2D eigenvalue weighted by Crippen LogP contribution is 2.20. The van der Waals surface area contributed by atoms with Crippen molar-refractivity contribution >= 4 is 11.8 Å². The normalized spacial score (nSPS) is 10.0. The molecule has 0 saturated carbocycles. The zero-order chi connectivity index (χ0) is 15.4. The maximum atomic E-state index is 12.0. The lowest BCUT2D eigenvalue weighted by molar-refractivity contribution is 0.0844. The van der Waals surface area contributed by atoms with E-state index in [1.807, 2.05) is 19.1 Å². The van der Waals surface area contributed by atoms with E-state index in [1.54, 1.807) is 31.2 Å². The van der Waals surface area contributed by atoms with Crippen molar-refractivity contribution in [2.45, 2.75) is 13.8 Å². The second-order valence-electron chi connectivity index (χ2n) is 4.69. The number of carbonyl (C=O) groups is 2. The highest BCUT2D eigenvalue weighted by atomic mass is 16.3. The molecule has 2 aromatic rings. The van der Waals surface area contributed by atoms with E-state index in [2.05, 4.69) is 10.9 Å². The monoisotopic (exact) mass is 284 g/mol. The second kappa shape index (κ2) is 6.09. The van der Waals surface area contributed by atoms with Crippen LogP contribution in [0.3, 0.4) is 0 Å². The van der Waals surface area contributed by atoms with Crippen LogP contribution in [0.2, 0.25) is 0 Å². The van der Waals surface area contributed by atoms with Crippen LogP contribution in [-0.4, -0.2) is 16.9 Å². The fourth-order valence-corrected chi connectivity index (χ4v) is 1.92. The van der Waals surface area contributed by atoms with E-state index in [4.69, 9.17) is 0 Å². The third kappa shape index (κ3) is 3.20. The number of phenolic OH excluding ortho intramolecular Hbond substituents is 1. The summed E-state index contributed by atoms with van der Waals surface area (Å²) in [5.74, 6) is -1.08. The first kappa shape index (κ1) is 14.6. The highest BCUT2D eigenvalue weighted by molar-refractivity contribution is 6.01. The molecule has 108 valence electrons. The van der Waals surface area contributed by atoms with Gasteiger partial charge in [0.1, 0.15) is 5.75 Å². The molecule has 0 unspecified atom stereocenters. The van der Waals surface area contributed by atoms with Crippen LogP contribution in [0.25, 0.3) is 0 Å². The van der Waals surface area contributed by atoms with Gasteiger partial charge in [-0.2, -0.15) is 0 Å². The lowest BCUT2D eigenvalue weighted by Gasteiger charge is -2.10. The Morgan fingerprint density at radius 3 is 2.00 bits per heavy atom. The SMILES string of the molecule is Cc1ccccc1C(=O)NNC(=O)c1cccc(C)c1O. The molecule has 0 spiro atoms. The fourth-order valence-electron chi connectivity index (χ4n) is 1.92. The van der Waals surface area contributed by atoms with Crippen molar-refractivity contribution < 1.29 is 14.7 Å². The number of hydrazine groups is 1. The van der Waals surface area contributed by atoms with Crippen LogP contribution in [-0.2, 0) is 0 Å². The van der Waals surface area contributed by atoms with Gasteiger partial charge in [0.15, 0.2) is 0 Å². The van der Waals surface area contributed by atoms with E-state index in [1.165, 1.54) is 6.07 Å². The summed E-state index contributed by atoms with van der Waals surface area (Å²) < 4.78 is 0. The molecule has 2 aromatic carbocycles. The average Bonchev–Trinajstić information content (AvgIpc) is 2.47. The smallest absolute Gasteiger partial charge is 0.273 e. The number of hydrogen-bond donors (Lipinski definition) is 3. The maximum absolute atomic E-state index is 12.0. The minimum atomic E-state index is -0.571. The van der Waals surface area contributed by atoms with Crippen LogP contribution >= 0.6 is 0 Å². The predicted molar refractivity (Wildman–Crippen MR) is 79.0 cm³/mol. The quantitative estimate of drug-likeness (QED) is 0.739. The summed E-state index contributed by atoms with van der Waals surface area (Å²) in [6.07, 6.45) is 0. The number of aryl methyl sites for hydroxylation is 2. The van der Waals surface area contributed by atoms with Gasteiger partial charge in [0.05, 0.1) is 5.56 Å². The van der Waals surface area contributed by atoms with Crippen LogP contribution in [0.4, 0.5) is 0 Å². The van der Waals surface area contributed by atoms with Crippen molar-refractivity contribution in [2.24, 2.45) is 0 Å². The summed E-state index contributed by atoms with van der Waals surface area (Å²) in [5, 5.41) is 9.82. The van der Waals surface area contributed by atoms with Gasteiger partial charge in [0, 0.05) is 5.56 Å². The number of benzene rings is 2. The lowest BCUT2D eigenvalue weighted by atomic mass is 10.1. The average molecular weight is 284 g/mol. The molecule has 0 bridgehead atoms. The van der Waals surface area contributed by atoms with Crippen molar-refractivity contribution in [3.05, 3.63) is 64.7 Å². The number of carbonyl (C=O) groups excluding carboxylic acids is 2. The minimum Gasteiger partial charge on any atom is -0.507 e. The van der Waals surface area contributed by atoms with E-state index in [0.29, 0.717) is 11.1 Å². The molecule has 0 aromatic heterocycles. The van der Waals surface area contributed by atoms with Crippen LogP contribution < -0.4 is 10.9 Å². The summed E-state index contributed by atoms with van der Waals surface area (Å²) in [7, 11) is 0. The van der Waals surface area contributed by atoms with Gasteiger partial charge in [-0.15, -0.1) is 0 Å². The standard InChI is InChI=1S/C16H16N2O3/c1-10-6-3-4-8-12(10)15(20)17-18-16(21)13-9-5-7-11(2)14(13)19/h3-9,19H,1-2H3,(H,17,20)(H,18,21). The summed E-state index contributed by atoms with van der Waals surface area (Å²) in [4.78, 5) is 23.9. The lowest BCUT2D eigenvalue weighted by Crippen LogP contribution is -2.41. The molecule has 5 heteroatoms. The first-order chi connectivity index (χ1) is 10.0. The van der Waals surface area contributed by atoms with Crippen LogP contribution in [0.15, 0.2) is 42.5 Å². The molecule has 0 heterocycles. The Kier molecular flexibility index (Phi) is 4.23. The Bertz CT molecular complexity index is 696. The first-order valence-corrected chi connectivity index (χ1v) is 6.45. The van der Waals surface area contributed by atoms with Crippen molar-refractivity contribution in [1.82, 2.24) is 10.9 Å². The van der Waals surface area contributed by atoms with Gasteiger partial charge in [0.25, 0.3) is 11.8 Å². The van der Waals surface area contributed by atoms with Crippen LogP contribution in [0.1, 0.15) is 31.8 Å². The Morgan fingerprint density at radius 1 is 0.810 bits per heavy atom. The van der Waals surface area contributed by atoms with Crippen molar-refractivity contribution in [3.8, 4) is 5.75 Å². The number of amides is 2. The van der Waals surface area contributed by atoms with Gasteiger partial charge < -0.3 is 5.11 Å². The Hall–Kier alpha value is -2.82. The molecule has 21 heavy (non-hydrogen) atoms. The molecule has 0 radical (unpaired) electrons. The zero-order valence-electron chi connectivity index (χ0n) is 11.8. The zero-order valence-corrected chi connectivity index (χ0v) is 11.8. The van der Waals surface area contributed by atoms with Gasteiger partial charge in [-0.05, 0) is 37.1 Å². The Labute approximate surface area is 122 Å². The Balaban J connectivity index is 2.06. The van der Waals surface area contributed by atoms with Crippen molar-refractivity contribution in [3.63, 3.8) is 0 Å². The molecule has 2 rings (SSSR count). The van der Waals surface area contributed by atoms with Gasteiger partial charge in [-0.3, -0.25) is 20.4 Å². The van der Waals surface area contributed by atoms with Gasteiger partial charge in [-0.1, -0.05) is 30.3 Å². The topological polar surface area (TPSA) is 78.4 Å². The minimum absolute atomic E-state index is 0.0971. The van der Waals surface area contributed by atoms with Gasteiger partial charge in [-0.25, -0.2) is 0 Å². The molecule has 2 amide bonds. The van der Waals surface area contributed by atoms with Gasteiger partial charge >= 0.3 is 0 Å². The highest BCUT2D eigenvalue weighted by Gasteiger charge is 2.14. The summed E-state index contributed by atoms with van der Waals surface area (Å²) in [5.41, 5.74) is 6.62. The summed E-state index contributed by atoms with van der Waals surface area (Å²) in [6.45, 7) is 3.50. The van der Waals surface area contributed by atoms with E-state index in [0.717, 1.165) is 5.56 Å². The van der Waals surface area contributed by atoms with Gasteiger partial charge in [0.2, 0.25) is 0 Å². The van der Waals surface area contributed by atoms with E-state index >= 15 is 0 Å². The number of rotatable bonds is 2. The second-order valence-corrected chi connectivity index (χ2v) is 4.69. The molecule has 3 N–H and O–H groups in total. The Morgan fingerprint density at radius 2 is 1.33 bits per heavy atom. The molecule has 0 aliphatic rings. The molecule has 5 nitrogen and oxygen atoms in total. The number of phenols is 1. The van der Waals surface area contributed by atoms with E-state index < -0.39 is 11.8 Å². The predicted octanol–water partition coefficient (Wildman–Crippen LogP) is 2.08. The third-order valence-corrected chi connectivity index (χ3v) is 3.16. The summed E-state index contributed by atoms with van der Waals surface area (Å²) in [6, 6.07) is 11.9. The molecular formula is C16H16N2O3. The van der Waals surface area contributed by atoms with Crippen molar-refractivity contribution in [1.29, 1.82) is 0 Å². The maximum Gasteiger partial charge on any atom is 0.273 e. The van der Waals surface area contributed by atoms with Crippen molar-refractivity contribution in [2.75, 3.05) is 0 Å². The largest absolute Gasteiger partial charge is 0.507 e. The number of para-hydroxylation sites is 1. The van der Waals surface area contributed by atoms with Crippen LogP contribution in [0, 0.1) is 13.8 Å².